The molecule has 0 aromatic heterocycles. The van der Waals surface area contributed by atoms with Crippen LogP contribution >= 0.6 is 0 Å². The summed E-state index contributed by atoms with van der Waals surface area (Å²) in [5.74, 6) is -1.59. The zero-order valence-corrected chi connectivity index (χ0v) is 19.4. The van der Waals surface area contributed by atoms with E-state index in [1.54, 1.807) is 0 Å². The number of hydrogen-bond acceptors (Lipinski definition) is 5. The van der Waals surface area contributed by atoms with Gasteiger partial charge in [0.1, 0.15) is 0 Å². The molecule has 2 aliphatic rings. The van der Waals surface area contributed by atoms with Crippen LogP contribution in [0.3, 0.4) is 0 Å². The Morgan fingerprint density at radius 1 is 0.973 bits per heavy atom. The van der Waals surface area contributed by atoms with Crippen molar-refractivity contribution in [3.05, 3.63) is 59.2 Å². The highest BCUT2D eigenvalue weighted by atomic mass is 32.2. The number of hydrazone groups is 1. The number of halogens is 6. The molecule has 0 spiro atoms. The fourth-order valence-electron chi connectivity index (χ4n) is 4.04. The van der Waals surface area contributed by atoms with Crippen molar-refractivity contribution in [2.75, 3.05) is 29.0 Å². The normalized spacial score (nSPS) is 19.7. The lowest BCUT2D eigenvalue weighted by atomic mass is 9.77. The first-order valence-corrected chi connectivity index (χ1v) is 12.1. The average molecular weight is 550 g/mol. The molecule has 1 unspecified atom stereocenters. The topological polar surface area (TPSA) is 119 Å². The van der Waals surface area contributed by atoms with Crippen molar-refractivity contribution in [2.24, 2.45) is 10.5 Å². The molecule has 0 saturated carbocycles. The Kier molecular flexibility index (Phi) is 5.93. The number of nitrogens with one attached hydrogen (secondary N) is 1. The summed E-state index contributed by atoms with van der Waals surface area (Å²) in [5, 5.41) is 16.9. The maximum absolute atomic E-state index is 13.3. The summed E-state index contributed by atoms with van der Waals surface area (Å²) >= 11 is 0. The zero-order chi connectivity index (χ0) is 27.6. The van der Waals surface area contributed by atoms with Crippen LogP contribution in [0.25, 0.3) is 0 Å². The standard InChI is InChI=1S/C21H16F6N4O5S/c1-37(35,36)31-10-19(17(32)33)9-30(18(34)28-13-5-2-11(3-6-13)20(22,23)24)29-16(19)14-7-4-12(8-15(14)31)21(25,26)27/h2-8H,9-10H2,1H3,(H,28,34)(H,32,33). The number of hydrogen-bond donors (Lipinski definition) is 2. The third-order valence-electron chi connectivity index (χ3n) is 5.86. The number of amides is 2. The number of fused-ring (bicyclic) bond motifs is 3. The van der Waals surface area contributed by atoms with Gasteiger partial charge in [0.15, 0.2) is 5.41 Å². The molecule has 2 aromatic rings. The Bertz CT molecular complexity index is 1420. The minimum Gasteiger partial charge on any atom is -0.480 e. The van der Waals surface area contributed by atoms with Gasteiger partial charge in [-0.1, -0.05) is 6.07 Å². The van der Waals surface area contributed by atoms with Gasteiger partial charge in [0.05, 0.1) is 41.9 Å². The average Bonchev–Trinajstić information content (AvgIpc) is 3.18. The molecule has 0 bridgehead atoms. The van der Waals surface area contributed by atoms with Crippen molar-refractivity contribution in [1.82, 2.24) is 5.01 Å². The number of aliphatic carboxylic acids is 1. The van der Waals surface area contributed by atoms with Crippen LogP contribution in [0.5, 0.6) is 0 Å². The van der Waals surface area contributed by atoms with Gasteiger partial charge in [-0.05, 0) is 36.4 Å². The van der Waals surface area contributed by atoms with Crippen molar-refractivity contribution < 1.29 is 49.5 Å². The van der Waals surface area contributed by atoms with Crippen molar-refractivity contribution >= 4 is 39.1 Å². The molecular weight excluding hydrogens is 534 g/mol. The van der Waals surface area contributed by atoms with E-state index in [4.69, 9.17) is 0 Å². The number of carboxylic acid groups (broad SMARTS) is 1. The number of carbonyl (C=O) groups is 2. The molecule has 0 fully saturated rings. The minimum absolute atomic E-state index is 0.0783. The monoisotopic (exact) mass is 550 g/mol. The highest BCUT2D eigenvalue weighted by molar-refractivity contribution is 7.92. The van der Waals surface area contributed by atoms with Crippen LogP contribution in [0, 0.1) is 5.41 Å². The van der Waals surface area contributed by atoms with Crippen molar-refractivity contribution in [2.45, 2.75) is 12.4 Å². The van der Waals surface area contributed by atoms with Crippen LogP contribution in [0.15, 0.2) is 47.6 Å². The minimum atomic E-state index is -4.83. The molecule has 2 amide bonds. The second kappa shape index (κ2) is 8.36. The predicted molar refractivity (Wildman–Crippen MR) is 117 cm³/mol. The van der Waals surface area contributed by atoms with Gasteiger partial charge in [-0.2, -0.15) is 31.4 Å². The summed E-state index contributed by atoms with van der Waals surface area (Å²) in [5.41, 5.74) is -5.41. The fraction of sp³-hybridized carbons (Fsp3) is 0.286. The first-order chi connectivity index (χ1) is 16.9. The van der Waals surface area contributed by atoms with Crippen LogP contribution in [0.1, 0.15) is 16.7 Å². The molecule has 0 aliphatic carbocycles. The number of anilines is 2. The molecule has 2 heterocycles. The molecular formula is C21H16F6N4O5S. The summed E-state index contributed by atoms with van der Waals surface area (Å²) in [6.45, 7) is -1.55. The summed E-state index contributed by atoms with van der Waals surface area (Å²) in [7, 11) is -4.28. The largest absolute Gasteiger partial charge is 0.480 e. The Morgan fingerprint density at radius 3 is 2.05 bits per heavy atom. The smallest absolute Gasteiger partial charge is 0.416 e. The molecule has 2 N–H and O–H groups in total. The lowest BCUT2D eigenvalue weighted by Gasteiger charge is -2.38. The Labute approximate surface area is 205 Å². The molecule has 198 valence electrons. The number of urea groups is 1. The van der Waals surface area contributed by atoms with E-state index >= 15 is 0 Å². The Balaban J connectivity index is 1.74. The molecule has 1 atom stereocenters. The zero-order valence-electron chi connectivity index (χ0n) is 18.6. The van der Waals surface area contributed by atoms with Crippen LogP contribution in [0.2, 0.25) is 0 Å². The predicted octanol–water partition coefficient (Wildman–Crippen LogP) is 3.83. The Hall–Kier alpha value is -3.82. The van der Waals surface area contributed by atoms with Gasteiger partial charge in [0, 0.05) is 11.3 Å². The van der Waals surface area contributed by atoms with Crippen LogP contribution in [0.4, 0.5) is 42.5 Å². The van der Waals surface area contributed by atoms with E-state index in [0.29, 0.717) is 39.8 Å². The van der Waals surface area contributed by atoms with Crippen LogP contribution in [-0.4, -0.2) is 55.6 Å². The van der Waals surface area contributed by atoms with Crippen LogP contribution in [-0.2, 0) is 27.2 Å². The molecule has 16 heteroatoms. The first-order valence-electron chi connectivity index (χ1n) is 10.2. The fourth-order valence-corrected chi connectivity index (χ4v) is 5.01. The van der Waals surface area contributed by atoms with E-state index < -0.39 is 69.7 Å². The maximum Gasteiger partial charge on any atom is 0.416 e. The maximum atomic E-state index is 13.3. The van der Waals surface area contributed by atoms with Gasteiger partial charge in [-0.25, -0.2) is 18.2 Å². The van der Waals surface area contributed by atoms with Gasteiger partial charge in [-0.15, -0.1) is 0 Å². The summed E-state index contributed by atoms with van der Waals surface area (Å²) in [6, 6.07) is 4.35. The first kappa shape index (κ1) is 26.2. The molecule has 4 rings (SSSR count). The number of carbonyl (C=O) groups excluding carboxylic acids is 1. The third-order valence-corrected chi connectivity index (χ3v) is 6.99. The lowest BCUT2D eigenvalue weighted by molar-refractivity contribution is -0.144. The SMILES string of the molecule is CS(=O)(=O)N1CC2(C(=O)O)CN(C(=O)Nc3ccc(C(F)(F)F)cc3)N=C2c2ccc(C(F)(F)F)cc21. The number of alkyl halides is 6. The van der Waals surface area contributed by atoms with E-state index in [-0.39, 0.29) is 17.0 Å². The van der Waals surface area contributed by atoms with E-state index in [1.807, 2.05) is 0 Å². The number of carboxylic acids is 1. The summed E-state index contributed by atoms with van der Waals surface area (Å²) < 4.78 is 104. The van der Waals surface area contributed by atoms with Crippen LogP contribution < -0.4 is 9.62 Å². The second-order valence-corrected chi connectivity index (χ2v) is 10.3. The molecule has 2 aliphatic heterocycles. The molecule has 2 aromatic carbocycles. The van der Waals surface area contributed by atoms with Gasteiger partial charge in [-0.3, -0.25) is 9.10 Å². The van der Waals surface area contributed by atoms with E-state index in [2.05, 4.69) is 10.4 Å². The number of nitrogens with zero attached hydrogens (tertiary/aromatic N) is 3. The summed E-state index contributed by atoms with van der Waals surface area (Å²) in [6.07, 6.45) is -8.75. The van der Waals surface area contributed by atoms with E-state index in [0.717, 1.165) is 18.2 Å². The number of benzene rings is 2. The molecule has 9 nitrogen and oxygen atoms in total. The van der Waals surface area contributed by atoms with E-state index in [1.165, 1.54) is 0 Å². The summed E-state index contributed by atoms with van der Waals surface area (Å²) in [4.78, 5) is 25.2. The molecule has 0 saturated heterocycles. The highest BCUT2D eigenvalue weighted by Gasteiger charge is 2.57. The quantitative estimate of drug-likeness (QED) is 0.564. The number of rotatable bonds is 3. The highest BCUT2D eigenvalue weighted by Crippen LogP contribution is 2.45. The number of sulfonamides is 1. The van der Waals surface area contributed by atoms with Gasteiger partial charge >= 0.3 is 24.4 Å². The molecule has 37 heavy (non-hydrogen) atoms. The second-order valence-electron chi connectivity index (χ2n) is 8.40. The Morgan fingerprint density at radius 2 is 1.54 bits per heavy atom. The van der Waals surface area contributed by atoms with Crippen molar-refractivity contribution in [3.8, 4) is 0 Å². The van der Waals surface area contributed by atoms with E-state index in [9.17, 15) is 49.5 Å². The lowest BCUT2D eigenvalue weighted by Crippen LogP contribution is -2.55. The molecule has 0 radical (unpaired) electrons. The van der Waals surface area contributed by atoms with Gasteiger partial charge < -0.3 is 10.4 Å². The third kappa shape index (κ3) is 4.68. The van der Waals surface area contributed by atoms with Crippen molar-refractivity contribution in [1.29, 1.82) is 0 Å². The van der Waals surface area contributed by atoms with Gasteiger partial charge in [0.25, 0.3) is 0 Å². The van der Waals surface area contributed by atoms with Crippen molar-refractivity contribution in [3.63, 3.8) is 0 Å². The van der Waals surface area contributed by atoms with Gasteiger partial charge in [0.2, 0.25) is 10.0 Å².